The number of aromatic nitrogens is 3. The Balaban J connectivity index is 1.47. The minimum Gasteiger partial charge on any atom is -0.338 e. The molecular formula is C18H19N5O. The molecule has 0 unspecified atom stereocenters. The van der Waals surface area contributed by atoms with E-state index < -0.39 is 0 Å². The smallest absolute Gasteiger partial charge is 0.225 e. The van der Waals surface area contributed by atoms with Crippen LogP contribution in [0.15, 0.2) is 48.9 Å². The summed E-state index contributed by atoms with van der Waals surface area (Å²) in [5, 5.41) is 1.02. The van der Waals surface area contributed by atoms with Crippen LogP contribution in [0.25, 0.3) is 10.9 Å². The molecule has 6 heteroatoms. The number of para-hydroxylation sites is 1. The van der Waals surface area contributed by atoms with Crippen molar-refractivity contribution in [2.45, 2.75) is 6.67 Å². The molecule has 0 radical (unpaired) electrons. The number of fused-ring (bicyclic) bond motifs is 1. The monoisotopic (exact) mass is 321 g/mol. The standard InChI is InChI=1S/C18H19N5O/c24-13-15-12-23(17-5-2-1-4-16(15)17)14-21-8-10-22(11-9-21)18-19-6-3-7-20-18/h1-7,12-13H,8-11,14H2. The summed E-state index contributed by atoms with van der Waals surface area (Å²) in [6.07, 6.45) is 6.44. The average Bonchev–Trinajstić information content (AvgIpc) is 3.01. The molecule has 3 aromatic rings. The van der Waals surface area contributed by atoms with Crippen LogP contribution in [-0.4, -0.2) is 51.9 Å². The molecule has 2 aromatic heterocycles. The number of aldehydes is 1. The van der Waals surface area contributed by atoms with Crippen LogP contribution in [0.5, 0.6) is 0 Å². The molecule has 0 amide bonds. The van der Waals surface area contributed by atoms with Crippen LogP contribution in [0, 0.1) is 0 Å². The Morgan fingerprint density at radius 1 is 1.00 bits per heavy atom. The number of nitrogens with zero attached hydrogens (tertiary/aromatic N) is 5. The first-order chi connectivity index (χ1) is 11.8. The average molecular weight is 321 g/mol. The maximum absolute atomic E-state index is 11.3. The highest BCUT2D eigenvalue weighted by atomic mass is 16.1. The molecule has 24 heavy (non-hydrogen) atoms. The molecule has 1 aromatic carbocycles. The summed E-state index contributed by atoms with van der Waals surface area (Å²) in [6.45, 7) is 4.49. The number of anilines is 1. The van der Waals surface area contributed by atoms with E-state index in [0.717, 1.165) is 61.5 Å². The van der Waals surface area contributed by atoms with Gasteiger partial charge >= 0.3 is 0 Å². The molecular weight excluding hydrogens is 302 g/mol. The number of piperazine rings is 1. The van der Waals surface area contributed by atoms with Crippen LogP contribution in [0.3, 0.4) is 0 Å². The lowest BCUT2D eigenvalue weighted by Crippen LogP contribution is -2.47. The first-order valence-corrected chi connectivity index (χ1v) is 8.12. The van der Waals surface area contributed by atoms with Gasteiger partial charge in [-0.15, -0.1) is 0 Å². The van der Waals surface area contributed by atoms with Crippen molar-refractivity contribution in [3.05, 3.63) is 54.5 Å². The summed E-state index contributed by atoms with van der Waals surface area (Å²) < 4.78 is 2.16. The molecule has 0 spiro atoms. The molecule has 0 bridgehead atoms. The van der Waals surface area contributed by atoms with E-state index in [4.69, 9.17) is 0 Å². The van der Waals surface area contributed by atoms with Crippen molar-refractivity contribution in [1.29, 1.82) is 0 Å². The van der Waals surface area contributed by atoms with Crippen LogP contribution in [-0.2, 0) is 6.67 Å². The van der Waals surface area contributed by atoms with E-state index >= 15 is 0 Å². The van der Waals surface area contributed by atoms with Crippen LogP contribution in [0.4, 0.5) is 5.95 Å². The normalized spacial score (nSPS) is 15.8. The van der Waals surface area contributed by atoms with Gasteiger partial charge in [-0.1, -0.05) is 18.2 Å². The quantitative estimate of drug-likeness (QED) is 0.688. The number of hydrogen-bond donors (Lipinski definition) is 0. The van der Waals surface area contributed by atoms with Crippen molar-refractivity contribution in [3.63, 3.8) is 0 Å². The molecule has 3 heterocycles. The van der Waals surface area contributed by atoms with Crippen molar-refractivity contribution < 1.29 is 4.79 Å². The van der Waals surface area contributed by atoms with Crippen LogP contribution in [0.1, 0.15) is 10.4 Å². The SMILES string of the molecule is O=Cc1cn(CN2CCN(c3ncccn3)CC2)c2ccccc12. The van der Waals surface area contributed by atoms with Crippen LogP contribution < -0.4 is 4.90 Å². The highest BCUT2D eigenvalue weighted by Crippen LogP contribution is 2.21. The number of carbonyl (C=O) groups excluding carboxylic acids is 1. The second kappa shape index (κ2) is 6.41. The lowest BCUT2D eigenvalue weighted by molar-refractivity contribution is 0.112. The van der Waals surface area contributed by atoms with Crippen molar-refractivity contribution in [3.8, 4) is 0 Å². The Kier molecular flexibility index (Phi) is 3.96. The fourth-order valence-corrected chi connectivity index (χ4v) is 3.25. The van der Waals surface area contributed by atoms with Gasteiger partial charge in [-0.2, -0.15) is 0 Å². The van der Waals surface area contributed by atoms with Crippen molar-refractivity contribution in [1.82, 2.24) is 19.4 Å². The lowest BCUT2D eigenvalue weighted by Gasteiger charge is -2.34. The number of hydrogen-bond acceptors (Lipinski definition) is 5. The van der Waals surface area contributed by atoms with Gasteiger partial charge in [-0.05, 0) is 12.1 Å². The molecule has 0 saturated carbocycles. The maximum Gasteiger partial charge on any atom is 0.225 e. The summed E-state index contributed by atoms with van der Waals surface area (Å²) in [5.41, 5.74) is 1.86. The molecule has 4 rings (SSSR count). The Hall–Kier alpha value is -2.73. The van der Waals surface area contributed by atoms with Gasteiger partial charge in [0.15, 0.2) is 6.29 Å². The zero-order valence-electron chi connectivity index (χ0n) is 13.4. The molecule has 1 saturated heterocycles. The molecule has 1 aliphatic rings. The third kappa shape index (κ3) is 2.76. The Morgan fingerprint density at radius 3 is 2.50 bits per heavy atom. The fraction of sp³-hybridized carbons (Fsp3) is 0.278. The summed E-state index contributed by atoms with van der Waals surface area (Å²) in [5.74, 6) is 0.798. The highest BCUT2D eigenvalue weighted by molar-refractivity contribution is 5.97. The molecule has 0 N–H and O–H groups in total. The Bertz CT molecular complexity index is 837. The molecule has 6 nitrogen and oxygen atoms in total. The van der Waals surface area contributed by atoms with E-state index in [1.807, 2.05) is 30.5 Å². The van der Waals surface area contributed by atoms with Crippen molar-refractivity contribution in [2.24, 2.45) is 0 Å². The summed E-state index contributed by atoms with van der Waals surface area (Å²) in [7, 11) is 0. The first kappa shape index (κ1) is 14.8. The minimum atomic E-state index is 0.752. The minimum absolute atomic E-state index is 0.752. The van der Waals surface area contributed by atoms with Gasteiger partial charge in [-0.3, -0.25) is 9.69 Å². The lowest BCUT2D eigenvalue weighted by atomic mass is 10.2. The van der Waals surface area contributed by atoms with Gasteiger partial charge in [0.25, 0.3) is 0 Å². The van der Waals surface area contributed by atoms with Gasteiger partial charge in [0.1, 0.15) is 0 Å². The maximum atomic E-state index is 11.3. The topological polar surface area (TPSA) is 54.3 Å². The molecule has 0 atom stereocenters. The Labute approximate surface area is 140 Å². The fourth-order valence-electron chi connectivity index (χ4n) is 3.25. The molecule has 122 valence electrons. The summed E-state index contributed by atoms with van der Waals surface area (Å²) >= 11 is 0. The van der Waals surface area contributed by atoms with E-state index in [-0.39, 0.29) is 0 Å². The van der Waals surface area contributed by atoms with E-state index in [2.05, 4.69) is 30.4 Å². The van der Waals surface area contributed by atoms with Gasteiger partial charge in [0, 0.05) is 61.2 Å². The zero-order chi connectivity index (χ0) is 16.4. The van der Waals surface area contributed by atoms with Gasteiger partial charge < -0.3 is 9.47 Å². The Morgan fingerprint density at radius 2 is 1.75 bits per heavy atom. The number of rotatable bonds is 4. The van der Waals surface area contributed by atoms with Crippen molar-refractivity contribution in [2.75, 3.05) is 31.1 Å². The van der Waals surface area contributed by atoms with Crippen molar-refractivity contribution >= 4 is 23.1 Å². The van der Waals surface area contributed by atoms with E-state index in [0.29, 0.717) is 0 Å². The van der Waals surface area contributed by atoms with E-state index in [1.54, 1.807) is 12.4 Å². The van der Waals surface area contributed by atoms with Gasteiger partial charge in [0.2, 0.25) is 5.95 Å². The number of benzene rings is 1. The van der Waals surface area contributed by atoms with Crippen LogP contribution in [0.2, 0.25) is 0 Å². The largest absolute Gasteiger partial charge is 0.338 e. The highest BCUT2D eigenvalue weighted by Gasteiger charge is 2.19. The summed E-state index contributed by atoms with van der Waals surface area (Å²) in [4.78, 5) is 24.5. The third-order valence-electron chi connectivity index (χ3n) is 4.51. The predicted molar refractivity (Wildman–Crippen MR) is 93.1 cm³/mol. The second-order valence-corrected chi connectivity index (χ2v) is 5.98. The summed E-state index contributed by atoms with van der Waals surface area (Å²) in [6, 6.07) is 9.88. The van der Waals surface area contributed by atoms with E-state index in [1.165, 1.54) is 0 Å². The van der Waals surface area contributed by atoms with Gasteiger partial charge in [-0.25, -0.2) is 9.97 Å². The number of carbonyl (C=O) groups is 1. The molecule has 0 aliphatic carbocycles. The van der Waals surface area contributed by atoms with E-state index in [9.17, 15) is 4.79 Å². The third-order valence-corrected chi connectivity index (χ3v) is 4.51. The second-order valence-electron chi connectivity index (χ2n) is 5.98. The predicted octanol–water partition coefficient (Wildman–Crippen LogP) is 2.02. The van der Waals surface area contributed by atoms with Crippen LogP contribution >= 0.6 is 0 Å². The van der Waals surface area contributed by atoms with Gasteiger partial charge in [0.05, 0.1) is 6.67 Å². The zero-order valence-corrected chi connectivity index (χ0v) is 13.4. The molecule has 1 fully saturated rings. The molecule has 1 aliphatic heterocycles. The first-order valence-electron chi connectivity index (χ1n) is 8.12.